The summed E-state index contributed by atoms with van der Waals surface area (Å²) in [6, 6.07) is 8.03. The Morgan fingerprint density at radius 3 is 2.59 bits per heavy atom. The van der Waals surface area contributed by atoms with E-state index in [9.17, 15) is 8.42 Å². The lowest BCUT2D eigenvalue weighted by Gasteiger charge is -2.12. The molecular formula is C15H21N3O2S2. The Kier molecular flexibility index (Phi) is 5.52. The lowest BCUT2D eigenvalue weighted by atomic mass is 10.0. The normalized spacial score (nSPS) is 20.4. The number of hydrazone groups is 1. The van der Waals surface area contributed by atoms with Crippen molar-refractivity contribution >= 4 is 33.4 Å². The van der Waals surface area contributed by atoms with E-state index in [1.54, 1.807) is 6.21 Å². The number of nitrogens with zero attached hydrogens (tertiary/aromatic N) is 1. The summed E-state index contributed by atoms with van der Waals surface area (Å²) in [5.74, 6) is 0.858. The fourth-order valence-electron chi connectivity index (χ4n) is 2.26. The van der Waals surface area contributed by atoms with Gasteiger partial charge in [-0.15, -0.1) is 0 Å². The Hall–Kier alpha value is -1.47. The van der Waals surface area contributed by atoms with Crippen molar-refractivity contribution in [1.29, 1.82) is 0 Å². The van der Waals surface area contributed by atoms with Gasteiger partial charge in [-0.2, -0.15) is 5.10 Å². The van der Waals surface area contributed by atoms with Crippen molar-refractivity contribution in [3.63, 3.8) is 0 Å². The van der Waals surface area contributed by atoms with Crippen LogP contribution in [-0.4, -0.2) is 37.3 Å². The third kappa shape index (κ3) is 5.06. The SMILES string of the molecule is CC(C)c1ccc(/C=N/NC(=S)NC2CCS(=O)(=O)C2)cc1. The molecule has 7 heteroatoms. The molecule has 1 fully saturated rings. The smallest absolute Gasteiger partial charge is 0.187 e. The molecule has 0 radical (unpaired) electrons. The number of thiocarbonyl (C=S) groups is 1. The van der Waals surface area contributed by atoms with Crippen molar-refractivity contribution < 1.29 is 8.42 Å². The summed E-state index contributed by atoms with van der Waals surface area (Å²) in [4.78, 5) is 0. The molecule has 120 valence electrons. The molecule has 2 N–H and O–H groups in total. The van der Waals surface area contributed by atoms with Crippen molar-refractivity contribution in [2.45, 2.75) is 32.2 Å². The van der Waals surface area contributed by atoms with Gasteiger partial charge in [0.15, 0.2) is 14.9 Å². The minimum absolute atomic E-state index is 0.120. The number of sulfone groups is 1. The summed E-state index contributed by atoms with van der Waals surface area (Å²) >= 11 is 5.11. The molecule has 1 saturated heterocycles. The van der Waals surface area contributed by atoms with E-state index in [1.165, 1.54) is 5.56 Å². The third-order valence-electron chi connectivity index (χ3n) is 3.55. The molecule has 2 rings (SSSR count). The van der Waals surface area contributed by atoms with Gasteiger partial charge < -0.3 is 5.32 Å². The van der Waals surface area contributed by atoms with Crippen LogP contribution in [0.3, 0.4) is 0 Å². The van der Waals surface area contributed by atoms with Gasteiger partial charge in [-0.1, -0.05) is 38.1 Å². The summed E-state index contributed by atoms with van der Waals surface area (Å²) in [7, 11) is -2.90. The van der Waals surface area contributed by atoms with Gasteiger partial charge >= 0.3 is 0 Å². The van der Waals surface area contributed by atoms with Crippen molar-refractivity contribution in [1.82, 2.24) is 10.7 Å². The van der Waals surface area contributed by atoms with Crippen LogP contribution >= 0.6 is 12.2 Å². The molecule has 5 nitrogen and oxygen atoms in total. The van der Waals surface area contributed by atoms with Crippen LogP contribution in [0, 0.1) is 0 Å². The highest BCUT2D eigenvalue weighted by Crippen LogP contribution is 2.14. The number of hydrogen-bond donors (Lipinski definition) is 2. The maximum absolute atomic E-state index is 11.4. The zero-order valence-corrected chi connectivity index (χ0v) is 14.4. The molecule has 1 aliphatic rings. The molecule has 1 aromatic rings. The summed E-state index contributed by atoms with van der Waals surface area (Å²) in [6.45, 7) is 4.30. The van der Waals surface area contributed by atoms with E-state index in [2.05, 4.69) is 41.8 Å². The van der Waals surface area contributed by atoms with E-state index in [0.29, 0.717) is 17.5 Å². The monoisotopic (exact) mass is 339 g/mol. The third-order valence-corrected chi connectivity index (χ3v) is 5.53. The first-order valence-electron chi connectivity index (χ1n) is 7.26. The van der Waals surface area contributed by atoms with Crippen LogP contribution in [0.25, 0.3) is 0 Å². The van der Waals surface area contributed by atoms with Gasteiger partial charge in [0.25, 0.3) is 0 Å². The first-order chi connectivity index (χ1) is 10.4. The molecule has 1 atom stereocenters. The number of hydrogen-bond acceptors (Lipinski definition) is 4. The van der Waals surface area contributed by atoms with Crippen LogP contribution in [0.2, 0.25) is 0 Å². The second kappa shape index (κ2) is 7.19. The molecule has 22 heavy (non-hydrogen) atoms. The molecule has 1 heterocycles. The fourth-order valence-corrected chi connectivity index (χ4v) is 4.15. The number of nitrogens with one attached hydrogen (secondary N) is 2. The second-order valence-corrected chi connectivity index (χ2v) is 8.40. The summed E-state index contributed by atoms with van der Waals surface area (Å²) in [5.41, 5.74) is 4.98. The zero-order valence-electron chi connectivity index (χ0n) is 12.7. The molecule has 0 aliphatic carbocycles. The van der Waals surface area contributed by atoms with Crippen molar-refractivity contribution in [2.75, 3.05) is 11.5 Å². The predicted molar refractivity (Wildman–Crippen MR) is 94.1 cm³/mol. The van der Waals surface area contributed by atoms with E-state index < -0.39 is 9.84 Å². The Morgan fingerprint density at radius 2 is 2.05 bits per heavy atom. The van der Waals surface area contributed by atoms with Crippen LogP contribution in [0.4, 0.5) is 0 Å². The largest absolute Gasteiger partial charge is 0.358 e. The van der Waals surface area contributed by atoms with Gasteiger partial charge in [-0.3, -0.25) is 5.43 Å². The molecule has 1 aromatic carbocycles. The Labute approximate surface area is 137 Å². The Bertz CT molecular complexity index is 652. The molecule has 0 amide bonds. The van der Waals surface area contributed by atoms with Gasteiger partial charge in [-0.25, -0.2) is 8.42 Å². The Morgan fingerprint density at radius 1 is 1.36 bits per heavy atom. The lowest BCUT2D eigenvalue weighted by molar-refractivity contribution is 0.600. The molecule has 0 aromatic heterocycles. The van der Waals surface area contributed by atoms with Crippen molar-refractivity contribution in [3.05, 3.63) is 35.4 Å². The topological polar surface area (TPSA) is 70.6 Å². The van der Waals surface area contributed by atoms with Crippen molar-refractivity contribution in [2.24, 2.45) is 5.10 Å². The van der Waals surface area contributed by atoms with E-state index in [1.807, 2.05) is 12.1 Å². The maximum Gasteiger partial charge on any atom is 0.187 e. The van der Waals surface area contributed by atoms with Crippen LogP contribution in [0.1, 0.15) is 37.3 Å². The summed E-state index contributed by atoms with van der Waals surface area (Å²) < 4.78 is 22.7. The minimum Gasteiger partial charge on any atom is -0.358 e. The highest BCUT2D eigenvalue weighted by Gasteiger charge is 2.28. The van der Waals surface area contributed by atoms with Gasteiger partial charge in [-0.05, 0) is 35.7 Å². The van der Waals surface area contributed by atoms with Crippen LogP contribution in [0.5, 0.6) is 0 Å². The summed E-state index contributed by atoms with van der Waals surface area (Å²) in [6.07, 6.45) is 2.27. The predicted octanol–water partition coefficient (Wildman–Crippen LogP) is 1.80. The molecule has 0 saturated carbocycles. The van der Waals surface area contributed by atoms with Crippen LogP contribution in [0.15, 0.2) is 29.4 Å². The highest BCUT2D eigenvalue weighted by molar-refractivity contribution is 7.91. The van der Waals surface area contributed by atoms with E-state index in [4.69, 9.17) is 12.2 Å². The van der Waals surface area contributed by atoms with E-state index in [-0.39, 0.29) is 17.5 Å². The van der Waals surface area contributed by atoms with Gasteiger partial charge in [0, 0.05) is 6.04 Å². The lowest BCUT2D eigenvalue weighted by Crippen LogP contribution is -2.40. The maximum atomic E-state index is 11.4. The molecule has 1 aliphatic heterocycles. The fraction of sp³-hybridized carbons (Fsp3) is 0.467. The number of benzene rings is 1. The van der Waals surface area contributed by atoms with E-state index >= 15 is 0 Å². The van der Waals surface area contributed by atoms with E-state index in [0.717, 1.165) is 5.56 Å². The van der Waals surface area contributed by atoms with Crippen molar-refractivity contribution in [3.8, 4) is 0 Å². The molecule has 1 unspecified atom stereocenters. The minimum atomic E-state index is -2.90. The van der Waals surface area contributed by atoms with Crippen LogP contribution in [-0.2, 0) is 9.84 Å². The standard InChI is InChI=1S/C15H21N3O2S2/c1-11(2)13-5-3-12(4-6-13)9-16-18-15(21)17-14-7-8-22(19,20)10-14/h3-6,9,11,14H,7-8,10H2,1-2H3,(H2,17,18,21)/b16-9+. The zero-order chi connectivity index (χ0) is 16.2. The van der Waals surface area contributed by atoms with Gasteiger partial charge in [0.1, 0.15) is 0 Å². The van der Waals surface area contributed by atoms with Gasteiger partial charge in [0.05, 0.1) is 17.7 Å². The average molecular weight is 339 g/mol. The second-order valence-electron chi connectivity index (χ2n) is 5.76. The first-order valence-corrected chi connectivity index (χ1v) is 9.48. The highest BCUT2D eigenvalue weighted by atomic mass is 32.2. The Balaban J connectivity index is 1.80. The molecular weight excluding hydrogens is 318 g/mol. The quantitative estimate of drug-likeness (QED) is 0.497. The van der Waals surface area contributed by atoms with Crippen LogP contribution < -0.4 is 10.7 Å². The first kappa shape index (κ1) is 16.9. The molecule has 0 bridgehead atoms. The summed E-state index contributed by atoms with van der Waals surface area (Å²) in [5, 5.41) is 7.38. The number of rotatable bonds is 4. The molecule has 0 spiro atoms. The van der Waals surface area contributed by atoms with Gasteiger partial charge in [0.2, 0.25) is 0 Å². The average Bonchev–Trinajstić information content (AvgIpc) is 2.78.